The summed E-state index contributed by atoms with van der Waals surface area (Å²) in [5.41, 5.74) is 1.48. The van der Waals surface area contributed by atoms with Crippen LogP contribution in [0.2, 0.25) is 0 Å². The Morgan fingerprint density at radius 2 is 1.88 bits per heavy atom. The van der Waals surface area contributed by atoms with Crippen molar-refractivity contribution in [1.82, 2.24) is 9.21 Å². The number of nitrogens with zero attached hydrogens (tertiary/aromatic N) is 3. The monoisotopic (exact) mass is 383 g/mol. The Kier molecular flexibility index (Phi) is 6.31. The number of anilines is 1. The smallest absolute Gasteiger partial charge is 0.410 e. The van der Waals surface area contributed by atoms with Gasteiger partial charge < -0.3 is 19.1 Å². The van der Waals surface area contributed by atoms with Gasteiger partial charge in [0.2, 0.25) is 0 Å². The summed E-state index contributed by atoms with van der Waals surface area (Å²) in [7, 11) is -1.64. The van der Waals surface area contributed by atoms with Gasteiger partial charge in [0.25, 0.3) is 0 Å². The van der Waals surface area contributed by atoms with Crippen LogP contribution in [0.5, 0.6) is 0 Å². The van der Waals surface area contributed by atoms with Gasteiger partial charge in [0, 0.05) is 38.9 Å². The Morgan fingerprint density at radius 3 is 2.42 bits per heavy atom. The Morgan fingerprint density at radius 1 is 1.27 bits per heavy atom. The molecular formula is C18H29N3O4S. The highest BCUT2D eigenvalue weighted by atomic mass is 32.3. The predicted octanol–water partition coefficient (Wildman–Crippen LogP) is 2.35. The summed E-state index contributed by atoms with van der Waals surface area (Å²) in [6.07, 6.45) is 0.924. The molecule has 0 aliphatic carbocycles. The van der Waals surface area contributed by atoms with E-state index in [1.807, 2.05) is 45.0 Å². The highest BCUT2D eigenvalue weighted by Gasteiger charge is 2.26. The van der Waals surface area contributed by atoms with E-state index in [1.54, 1.807) is 11.9 Å². The van der Waals surface area contributed by atoms with E-state index in [4.69, 9.17) is 4.74 Å². The molecular weight excluding hydrogens is 354 g/mol. The van der Waals surface area contributed by atoms with Crippen LogP contribution in [0.4, 0.5) is 10.5 Å². The number of amides is 1. The molecule has 1 aliphatic rings. The van der Waals surface area contributed by atoms with Crippen LogP contribution in [0.1, 0.15) is 26.3 Å². The van der Waals surface area contributed by atoms with Gasteiger partial charge in [-0.15, -0.1) is 4.31 Å². The van der Waals surface area contributed by atoms with Crippen molar-refractivity contribution in [1.29, 1.82) is 0 Å². The minimum absolute atomic E-state index is 0.277. The highest BCUT2D eigenvalue weighted by Crippen LogP contribution is 2.21. The van der Waals surface area contributed by atoms with Crippen molar-refractivity contribution in [3.63, 3.8) is 0 Å². The molecule has 2 rings (SSSR count). The van der Waals surface area contributed by atoms with Crippen LogP contribution < -0.4 is 4.90 Å². The van der Waals surface area contributed by atoms with Crippen molar-refractivity contribution >= 4 is 22.2 Å². The first-order valence-corrected chi connectivity index (χ1v) is 10.5. The van der Waals surface area contributed by atoms with Gasteiger partial charge >= 0.3 is 6.09 Å². The van der Waals surface area contributed by atoms with Crippen molar-refractivity contribution in [2.45, 2.75) is 32.9 Å². The minimum atomic E-state index is -3.21. The van der Waals surface area contributed by atoms with Gasteiger partial charge in [0.15, 0.2) is 0 Å². The third kappa shape index (κ3) is 5.96. The Bertz CT molecular complexity index is 675. The number of carbonyl (C=O) groups excluding carboxylic acids is 1. The molecule has 0 N–H and O–H groups in total. The fourth-order valence-electron chi connectivity index (χ4n) is 2.70. The van der Waals surface area contributed by atoms with Gasteiger partial charge in [-0.25, -0.2) is 4.79 Å². The molecule has 0 bridgehead atoms. The first kappa shape index (κ1) is 20.7. The number of benzene rings is 1. The molecule has 1 unspecified atom stereocenters. The molecule has 0 radical (unpaired) electrons. The molecule has 26 heavy (non-hydrogen) atoms. The van der Waals surface area contributed by atoms with Gasteiger partial charge in [-0.05, 0) is 38.5 Å². The molecule has 146 valence electrons. The van der Waals surface area contributed by atoms with Crippen LogP contribution in [0.3, 0.4) is 0 Å². The summed E-state index contributed by atoms with van der Waals surface area (Å²) in [5, 5.41) is 0. The Hall–Kier alpha value is -1.64. The fourth-order valence-corrected chi connectivity index (χ4v) is 3.08. The summed E-state index contributed by atoms with van der Waals surface area (Å²) in [6, 6.07) is 7.86. The van der Waals surface area contributed by atoms with Gasteiger partial charge in [-0.3, -0.25) is 0 Å². The maximum absolute atomic E-state index is 12.1. The summed E-state index contributed by atoms with van der Waals surface area (Å²) < 4.78 is 29.9. The van der Waals surface area contributed by atoms with E-state index in [9.17, 15) is 13.6 Å². The third-order valence-corrected chi connectivity index (χ3v) is 5.44. The number of ether oxygens (including phenoxy) is 1. The molecule has 0 spiro atoms. The molecule has 7 nitrogen and oxygen atoms in total. The van der Waals surface area contributed by atoms with Crippen molar-refractivity contribution < 1.29 is 18.3 Å². The lowest BCUT2D eigenvalue weighted by Crippen LogP contribution is -2.50. The average Bonchev–Trinajstić information content (AvgIpc) is 2.53. The molecule has 1 saturated heterocycles. The topological polar surface area (TPSA) is 76.1 Å². The molecule has 1 fully saturated rings. The zero-order chi connectivity index (χ0) is 19.5. The standard InChI is InChI=1S/C18H29N3O4S/c1-18(2,3)25-17(22)21-11-9-20(10-12-21)16-8-6-7-15(13-16)14-19(4)26(5,23)24/h6-8,13H,9-12,14H2,1-5H3. The number of rotatable bonds is 4. The molecule has 1 amide bonds. The van der Waals surface area contributed by atoms with E-state index in [2.05, 4.69) is 4.90 Å². The molecule has 1 aromatic carbocycles. The predicted molar refractivity (Wildman–Crippen MR) is 103 cm³/mol. The lowest BCUT2D eigenvalue weighted by atomic mass is 10.1. The number of hydrogen-bond donors (Lipinski definition) is 0. The molecule has 1 heterocycles. The van der Waals surface area contributed by atoms with E-state index in [1.165, 1.54) is 10.6 Å². The second-order valence-corrected chi connectivity index (χ2v) is 9.73. The molecule has 1 atom stereocenters. The second kappa shape index (κ2) is 7.94. The normalized spacial score (nSPS) is 18.0. The largest absolute Gasteiger partial charge is 0.598 e. The molecule has 0 saturated carbocycles. The maximum atomic E-state index is 12.1. The maximum Gasteiger partial charge on any atom is 0.410 e. The SMILES string of the molecule is CN(Cc1cccc(N2CCN(C(=O)OC(C)(C)C)CC2)c1)[S+](C)(=O)[O-]. The zero-order valence-corrected chi connectivity index (χ0v) is 17.0. The van der Waals surface area contributed by atoms with E-state index in [0.29, 0.717) is 32.7 Å². The van der Waals surface area contributed by atoms with Gasteiger partial charge in [-0.1, -0.05) is 16.3 Å². The van der Waals surface area contributed by atoms with Gasteiger partial charge in [0.1, 0.15) is 22.3 Å². The van der Waals surface area contributed by atoms with Crippen molar-refractivity contribution in [3.05, 3.63) is 29.8 Å². The zero-order valence-electron chi connectivity index (χ0n) is 16.2. The summed E-state index contributed by atoms with van der Waals surface area (Å²) in [4.78, 5) is 16.1. The molecule has 8 heteroatoms. The quantitative estimate of drug-likeness (QED) is 0.746. The molecule has 0 aromatic heterocycles. The van der Waals surface area contributed by atoms with Crippen LogP contribution in [0.25, 0.3) is 0 Å². The van der Waals surface area contributed by atoms with E-state index >= 15 is 0 Å². The Labute approximate surface area is 157 Å². The van der Waals surface area contributed by atoms with Crippen molar-refractivity contribution in [3.8, 4) is 0 Å². The van der Waals surface area contributed by atoms with Crippen LogP contribution in [-0.2, 0) is 25.9 Å². The fraction of sp³-hybridized carbons (Fsp3) is 0.611. The van der Waals surface area contributed by atoms with Crippen LogP contribution in [-0.4, -0.2) is 64.9 Å². The molecule has 1 aliphatic heterocycles. The average molecular weight is 384 g/mol. The van der Waals surface area contributed by atoms with Crippen molar-refractivity contribution in [2.24, 2.45) is 0 Å². The third-order valence-electron chi connectivity index (χ3n) is 4.18. The van der Waals surface area contributed by atoms with E-state index in [0.717, 1.165) is 11.3 Å². The van der Waals surface area contributed by atoms with Gasteiger partial charge in [0.05, 0.1) is 6.54 Å². The molecule has 1 aromatic rings. The lowest BCUT2D eigenvalue weighted by molar-refractivity contribution is 0.0240. The minimum Gasteiger partial charge on any atom is -0.598 e. The Balaban J connectivity index is 1.96. The van der Waals surface area contributed by atoms with Gasteiger partial charge in [-0.2, -0.15) is 0 Å². The van der Waals surface area contributed by atoms with Crippen LogP contribution >= 0.6 is 0 Å². The lowest BCUT2D eigenvalue weighted by Gasteiger charge is -2.37. The van der Waals surface area contributed by atoms with Crippen molar-refractivity contribution in [2.75, 3.05) is 44.4 Å². The number of sulfonamides is 1. The first-order chi connectivity index (χ1) is 12.0. The number of hydrogen-bond acceptors (Lipinski definition) is 5. The first-order valence-electron chi connectivity index (χ1n) is 8.69. The second-order valence-electron chi connectivity index (χ2n) is 7.64. The van der Waals surface area contributed by atoms with Crippen LogP contribution in [0.15, 0.2) is 24.3 Å². The number of carbonyl (C=O) groups is 1. The van der Waals surface area contributed by atoms with E-state index < -0.39 is 16.0 Å². The summed E-state index contributed by atoms with van der Waals surface area (Å²) in [6.45, 7) is 8.55. The number of piperazine rings is 1. The van der Waals surface area contributed by atoms with E-state index in [-0.39, 0.29) is 6.09 Å². The summed E-state index contributed by atoms with van der Waals surface area (Å²) in [5.74, 6) is 0. The highest BCUT2D eigenvalue weighted by molar-refractivity contribution is 7.94. The van der Waals surface area contributed by atoms with Crippen LogP contribution in [0, 0.1) is 0 Å². The summed E-state index contributed by atoms with van der Waals surface area (Å²) >= 11 is 0.